The van der Waals surface area contributed by atoms with Crippen LogP contribution in [0.4, 0.5) is 11.4 Å². The van der Waals surface area contributed by atoms with Gasteiger partial charge >= 0.3 is 0 Å². The highest BCUT2D eigenvalue weighted by Gasteiger charge is 2.14. The quantitative estimate of drug-likeness (QED) is 0.466. The Kier molecular flexibility index (Phi) is 7.40. The zero-order valence-electron chi connectivity index (χ0n) is 18.9. The van der Waals surface area contributed by atoms with Crippen molar-refractivity contribution < 1.29 is 22.7 Å². The second kappa shape index (κ2) is 10.2. The van der Waals surface area contributed by atoms with Crippen molar-refractivity contribution in [2.24, 2.45) is 0 Å². The van der Waals surface area contributed by atoms with E-state index in [0.717, 1.165) is 16.7 Å². The second-order valence-electron chi connectivity index (χ2n) is 7.44. The molecule has 0 radical (unpaired) electrons. The van der Waals surface area contributed by atoms with Gasteiger partial charge in [-0.3, -0.25) is 9.52 Å². The molecule has 0 atom stereocenters. The summed E-state index contributed by atoms with van der Waals surface area (Å²) in [4.78, 5) is 12.4. The lowest BCUT2D eigenvalue weighted by Gasteiger charge is -2.10. The summed E-state index contributed by atoms with van der Waals surface area (Å²) in [6, 6.07) is 16.8. The first-order chi connectivity index (χ1) is 15.7. The number of nitrogens with one attached hydrogen (secondary N) is 2. The summed E-state index contributed by atoms with van der Waals surface area (Å²) in [6.45, 7) is 3.81. The Bertz CT molecular complexity index is 1260. The largest absolute Gasteiger partial charge is 0.493 e. The SMILES string of the molecule is COc1ccc(C=CC(=O)Nc2ccc(S(=O)(=O)Nc3cc(C)cc(C)c3)cc2)cc1OC. The van der Waals surface area contributed by atoms with E-state index in [2.05, 4.69) is 10.0 Å². The molecule has 0 aliphatic carbocycles. The fourth-order valence-corrected chi connectivity index (χ4v) is 4.32. The van der Waals surface area contributed by atoms with Crippen LogP contribution in [0.1, 0.15) is 16.7 Å². The Morgan fingerprint density at radius 1 is 0.818 bits per heavy atom. The van der Waals surface area contributed by atoms with Crippen LogP contribution in [-0.4, -0.2) is 28.5 Å². The number of aryl methyl sites for hydroxylation is 2. The van der Waals surface area contributed by atoms with Gasteiger partial charge in [-0.2, -0.15) is 0 Å². The molecule has 0 aliphatic heterocycles. The van der Waals surface area contributed by atoms with Crippen molar-refractivity contribution in [2.45, 2.75) is 18.7 Å². The molecule has 3 aromatic carbocycles. The molecule has 0 bridgehead atoms. The van der Waals surface area contributed by atoms with Crippen molar-refractivity contribution in [1.82, 2.24) is 0 Å². The van der Waals surface area contributed by atoms with Gasteiger partial charge in [-0.1, -0.05) is 12.1 Å². The Labute approximate surface area is 194 Å². The van der Waals surface area contributed by atoms with Gasteiger partial charge in [0.05, 0.1) is 19.1 Å². The summed E-state index contributed by atoms with van der Waals surface area (Å²) in [5.74, 6) is 0.807. The zero-order valence-corrected chi connectivity index (χ0v) is 19.7. The zero-order chi connectivity index (χ0) is 24.0. The van der Waals surface area contributed by atoms with Gasteiger partial charge in [-0.25, -0.2) is 8.42 Å². The number of rotatable bonds is 8. The highest BCUT2D eigenvalue weighted by atomic mass is 32.2. The lowest BCUT2D eigenvalue weighted by molar-refractivity contribution is -0.111. The predicted molar refractivity (Wildman–Crippen MR) is 130 cm³/mol. The number of sulfonamides is 1. The van der Waals surface area contributed by atoms with Gasteiger partial charge in [0, 0.05) is 17.5 Å². The first-order valence-electron chi connectivity index (χ1n) is 10.1. The molecular weight excluding hydrogens is 440 g/mol. The van der Waals surface area contributed by atoms with Crippen molar-refractivity contribution in [3.05, 3.63) is 83.4 Å². The van der Waals surface area contributed by atoms with E-state index < -0.39 is 10.0 Å². The van der Waals surface area contributed by atoms with E-state index in [-0.39, 0.29) is 10.8 Å². The normalized spacial score (nSPS) is 11.3. The maximum atomic E-state index is 12.7. The smallest absolute Gasteiger partial charge is 0.261 e. The molecule has 8 heteroatoms. The van der Waals surface area contributed by atoms with Gasteiger partial charge in [0.25, 0.3) is 10.0 Å². The van der Waals surface area contributed by atoms with Crippen molar-refractivity contribution in [1.29, 1.82) is 0 Å². The lowest BCUT2D eigenvalue weighted by atomic mass is 10.1. The fourth-order valence-electron chi connectivity index (χ4n) is 3.28. The molecule has 172 valence electrons. The molecule has 0 saturated heterocycles. The van der Waals surface area contributed by atoms with Crippen LogP contribution in [0.25, 0.3) is 6.08 Å². The maximum Gasteiger partial charge on any atom is 0.261 e. The number of ether oxygens (including phenoxy) is 2. The average Bonchev–Trinajstić information content (AvgIpc) is 2.76. The minimum absolute atomic E-state index is 0.0977. The van der Waals surface area contributed by atoms with E-state index >= 15 is 0 Å². The number of carbonyl (C=O) groups is 1. The average molecular weight is 467 g/mol. The molecule has 1 amide bonds. The van der Waals surface area contributed by atoms with Crippen LogP contribution in [0.2, 0.25) is 0 Å². The minimum Gasteiger partial charge on any atom is -0.493 e. The van der Waals surface area contributed by atoms with Crippen LogP contribution in [0.3, 0.4) is 0 Å². The minimum atomic E-state index is -3.75. The maximum absolute atomic E-state index is 12.7. The Balaban J connectivity index is 1.66. The van der Waals surface area contributed by atoms with Crippen LogP contribution in [0, 0.1) is 13.8 Å². The summed E-state index contributed by atoms with van der Waals surface area (Å²) < 4.78 is 38.4. The molecule has 0 saturated carbocycles. The third-order valence-corrected chi connectivity index (χ3v) is 6.14. The van der Waals surface area contributed by atoms with Gasteiger partial charge in [-0.05, 0) is 85.1 Å². The molecule has 7 nitrogen and oxygen atoms in total. The van der Waals surface area contributed by atoms with Crippen molar-refractivity contribution in [2.75, 3.05) is 24.3 Å². The van der Waals surface area contributed by atoms with Gasteiger partial charge in [0.15, 0.2) is 11.5 Å². The first-order valence-corrected chi connectivity index (χ1v) is 11.6. The van der Waals surface area contributed by atoms with Gasteiger partial charge in [0.2, 0.25) is 5.91 Å². The van der Waals surface area contributed by atoms with E-state index in [4.69, 9.17) is 9.47 Å². The van der Waals surface area contributed by atoms with Crippen molar-refractivity contribution >= 4 is 33.4 Å². The molecule has 0 heterocycles. The van der Waals surface area contributed by atoms with E-state index in [1.54, 1.807) is 50.6 Å². The first kappa shape index (κ1) is 23.9. The fraction of sp³-hybridized carbons (Fsp3) is 0.160. The van der Waals surface area contributed by atoms with Crippen LogP contribution in [0.15, 0.2) is 71.6 Å². The standard InChI is InChI=1S/C25H26N2O5S/c1-17-13-18(2)15-21(14-17)27-33(29,30)22-9-7-20(8-10-22)26-25(28)12-6-19-5-11-23(31-3)24(16-19)32-4/h5-16,27H,1-4H3,(H,26,28). The summed E-state index contributed by atoms with van der Waals surface area (Å²) >= 11 is 0. The van der Waals surface area contributed by atoms with E-state index in [1.165, 1.54) is 30.3 Å². The van der Waals surface area contributed by atoms with E-state index in [9.17, 15) is 13.2 Å². The highest BCUT2D eigenvalue weighted by Crippen LogP contribution is 2.28. The predicted octanol–water partition coefficient (Wildman–Crippen LogP) is 4.77. The Morgan fingerprint density at radius 2 is 1.45 bits per heavy atom. The topological polar surface area (TPSA) is 93.7 Å². The van der Waals surface area contributed by atoms with Crippen LogP contribution < -0.4 is 19.5 Å². The second-order valence-corrected chi connectivity index (χ2v) is 9.13. The number of benzene rings is 3. The molecular formula is C25H26N2O5S. The van der Waals surface area contributed by atoms with E-state index in [1.807, 2.05) is 19.9 Å². The van der Waals surface area contributed by atoms with Crippen LogP contribution in [0.5, 0.6) is 11.5 Å². The van der Waals surface area contributed by atoms with Crippen LogP contribution in [-0.2, 0) is 14.8 Å². The molecule has 3 rings (SSSR count). The molecule has 0 aromatic heterocycles. The summed E-state index contributed by atoms with van der Waals surface area (Å²) in [5.41, 5.74) is 3.67. The molecule has 33 heavy (non-hydrogen) atoms. The monoisotopic (exact) mass is 466 g/mol. The molecule has 0 spiro atoms. The molecule has 0 aliphatic rings. The molecule has 0 fully saturated rings. The summed E-state index contributed by atoms with van der Waals surface area (Å²) in [7, 11) is -0.656. The van der Waals surface area contributed by atoms with Gasteiger partial charge in [0.1, 0.15) is 0 Å². The third kappa shape index (κ3) is 6.36. The van der Waals surface area contributed by atoms with Crippen LogP contribution >= 0.6 is 0 Å². The van der Waals surface area contributed by atoms with Gasteiger partial charge in [-0.15, -0.1) is 0 Å². The molecule has 0 unspecified atom stereocenters. The summed E-state index contributed by atoms with van der Waals surface area (Å²) in [6.07, 6.45) is 3.03. The number of methoxy groups -OCH3 is 2. The van der Waals surface area contributed by atoms with Gasteiger partial charge < -0.3 is 14.8 Å². The molecule has 3 aromatic rings. The van der Waals surface area contributed by atoms with E-state index in [0.29, 0.717) is 22.9 Å². The number of carbonyl (C=O) groups excluding carboxylic acids is 1. The number of anilines is 2. The third-order valence-electron chi connectivity index (χ3n) is 4.74. The molecule has 2 N–H and O–H groups in total. The number of hydrogen-bond acceptors (Lipinski definition) is 5. The van der Waals surface area contributed by atoms with Crippen molar-refractivity contribution in [3.8, 4) is 11.5 Å². The highest BCUT2D eigenvalue weighted by molar-refractivity contribution is 7.92. The van der Waals surface area contributed by atoms with Crippen molar-refractivity contribution in [3.63, 3.8) is 0 Å². The lowest BCUT2D eigenvalue weighted by Crippen LogP contribution is -2.13. The Morgan fingerprint density at radius 3 is 2.06 bits per heavy atom. The Hall–Kier alpha value is -3.78. The number of amides is 1. The summed E-state index contributed by atoms with van der Waals surface area (Å²) in [5, 5.41) is 2.71. The number of hydrogen-bond donors (Lipinski definition) is 2.